The first-order chi connectivity index (χ1) is 24.5. The minimum Gasteiger partial charge on any atom is -0.493 e. The van der Waals surface area contributed by atoms with Crippen molar-refractivity contribution in [2.45, 2.75) is 50.5 Å². The Morgan fingerprint density at radius 3 is 2.71 bits per heavy atom. The number of hydrogen-bond donors (Lipinski definition) is 2. The van der Waals surface area contributed by atoms with Crippen LogP contribution >= 0.6 is 23.7 Å². The molecule has 0 saturated carbocycles. The maximum absolute atomic E-state index is 17.2. The number of rotatable bonds is 7. The van der Waals surface area contributed by atoms with Crippen LogP contribution in [-0.4, -0.2) is 75.6 Å². The zero-order chi connectivity index (χ0) is 35.8. The molecule has 4 N–H and O–H groups in total. The van der Waals surface area contributed by atoms with Crippen LogP contribution < -0.4 is 25.8 Å². The summed E-state index contributed by atoms with van der Waals surface area (Å²) in [6, 6.07) is 5.50. The number of aromatic nitrogens is 4. The third-order valence-corrected chi connectivity index (χ3v) is 11.2. The number of nitrogens with zero attached hydrogens (tertiary/aromatic N) is 7. The zero-order valence-corrected chi connectivity index (χ0v) is 29.4. The molecule has 52 heavy (non-hydrogen) atoms. The van der Waals surface area contributed by atoms with Gasteiger partial charge in [0.15, 0.2) is 17.4 Å². The van der Waals surface area contributed by atoms with Crippen molar-refractivity contribution in [3.05, 3.63) is 52.6 Å². The van der Waals surface area contributed by atoms with Crippen molar-refractivity contribution in [2.75, 3.05) is 44.0 Å². The van der Waals surface area contributed by atoms with Gasteiger partial charge in [-0.05, 0) is 43.5 Å². The number of nitrogen functional groups attached to an aromatic ring is 1. The number of carbonyl (C=O) groups excluding carboxylic acids is 1. The lowest BCUT2D eigenvalue weighted by Crippen LogP contribution is -2.43. The second-order valence-corrected chi connectivity index (χ2v) is 14.1. The number of benzene rings is 2. The normalized spacial score (nSPS) is 20.0. The van der Waals surface area contributed by atoms with Crippen LogP contribution in [0.3, 0.4) is 0 Å². The molecule has 0 spiro atoms. The average molecular weight is 758 g/mol. The number of halogens is 5. The van der Waals surface area contributed by atoms with Gasteiger partial charge in [-0.15, -0.1) is 23.7 Å². The summed E-state index contributed by atoms with van der Waals surface area (Å²) in [5.74, 6) is -3.96. The molecule has 0 unspecified atom stereocenters. The third kappa shape index (κ3) is 5.51. The molecule has 2 aromatic carbocycles. The number of methoxy groups -OCH3 is 1. The number of fused-ring (bicyclic) bond motifs is 4. The molecule has 2 atom stereocenters. The molecular weight excluding hydrogens is 726 g/mol. The molecule has 3 aromatic heterocycles. The molecule has 272 valence electrons. The Kier molecular flexibility index (Phi) is 9.04. The van der Waals surface area contributed by atoms with E-state index in [0.29, 0.717) is 38.2 Å². The van der Waals surface area contributed by atoms with Gasteiger partial charge in [0.05, 0.1) is 46.1 Å². The summed E-state index contributed by atoms with van der Waals surface area (Å²) < 4.78 is 77.0. The molecule has 0 radical (unpaired) electrons. The van der Waals surface area contributed by atoms with E-state index >= 15 is 8.78 Å². The van der Waals surface area contributed by atoms with Gasteiger partial charge in [-0.3, -0.25) is 14.4 Å². The fourth-order valence-corrected chi connectivity index (χ4v) is 8.83. The van der Waals surface area contributed by atoms with Crippen LogP contribution in [0.25, 0.3) is 32.1 Å². The first kappa shape index (κ1) is 35.5. The van der Waals surface area contributed by atoms with E-state index in [0.717, 1.165) is 30.4 Å². The molecule has 2 saturated heterocycles. The number of anilines is 2. The van der Waals surface area contributed by atoms with E-state index in [4.69, 9.17) is 25.9 Å². The summed E-state index contributed by atoms with van der Waals surface area (Å²) in [6.45, 7) is 1.97. The minimum absolute atomic E-state index is 0. The lowest BCUT2D eigenvalue weighted by Gasteiger charge is -2.31. The maximum Gasteiger partial charge on any atom is 0.319 e. The van der Waals surface area contributed by atoms with Crippen molar-refractivity contribution in [2.24, 2.45) is 5.73 Å². The Morgan fingerprint density at radius 2 is 1.96 bits per heavy atom. The molecule has 5 aromatic rings. The topological polar surface area (TPSA) is 161 Å². The van der Waals surface area contributed by atoms with E-state index in [1.807, 2.05) is 6.07 Å². The Bertz CT molecular complexity index is 2310. The smallest absolute Gasteiger partial charge is 0.319 e. The van der Waals surface area contributed by atoms with E-state index in [-0.39, 0.29) is 86.6 Å². The number of nitrogens with two attached hydrogens (primary N) is 2. The van der Waals surface area contributed by atoms with Gasteiger partial charge in [0.1, 0.15) is 46.7 Å². The number of hydrogen-bond acceptors (Lipinski definition) is 11. The van der Waals surface area contributed by atoms with Crippen molar-refractivity contribution in [3.8, 4) is 29.0 Å². The largest absolute Gasteiger partial charge is 0.493 e. The summed E-state index contributed by atoms with van der Waals surface area (Å²) in [5.41, 5.74) is 10.4. The molecule has 2 fully saturated rings. The molecule has 18 heteroatoms. The number of primary amides is 1. The van der Waals surface area contributed by atoms with Gasteiger partial charge in [0.2, 0.25) is 0 Å². The number of amides is 1. The minimum atomic E-state index is -1.13. The predicted octanol–water partition coefficient (Wildman–Crippen LogP) is 5.47. The second kappa shape index (κ2) is 13.2. The summed E-state index contributed by atoms with van der Waals surface area (Å²) in [4.78, 5) is 24.9. The van der Waals surface area contributed by atoms with E-state index in [9.17, 15) is 18.8 Å². The lowest BCUT2D eigenvalue weighted by molar-refractivity contribution is 0.0994. The van der Waals surface area contributed by atoms with E-state index < -0.39 is 46.4 Å². The maximum atomic E-state index is 17.2. The lowest BCUT2D eigenvalue weighted by atomic mass is 9.95. The van der Waals surface area contributed by atoms with Gasteiger partial charge in [0, 0.05) is 31.4 Å². The Labute approximate surface area is 304 Å². The molecular formula is C34H32ClF4N9O3S. The molecule has 3 aliphatic rings. The van der Waals surface area contributed by atoms with Crippen LogP contribution in [0, 0.1) is 28.8 Å². The van der Waals surface area contributed by atoms with Gasteiger partial charge in [-0.25, -0.2) is 17.6 Å². The molecule has 0 bridgehead atoms. The van der Waals surface area contributed by atoms with Crippen molar-refractivity contribution in [3.63, 3.8) is 0 Å². The highest BCUT2D eigenvalue weighted by molar-refractivity contribution is 7.23. The van der Waals surface area contributed by atoms with E-state index in [2.05, 4.69) is 15.0 Å². The highest BCUT2D eigenvalue weighted by atomic mass is 35.5. The molecule has 1 amide bonds. The van der Waals surface area contributed by atoms with Crippen LogP contribution in [0.5, 0.6) is 11.8 Å². The second-order valence-electron chi connectivity index (χ2n) is 13.1. The summed E-state index contributed by atoms with van der Waals surface area (Å²) in [6.07, 6.45) is 1.34. The Hall–Kier alpha value is -4.92. The summed E-state index contributed by atoms with van der Waals surface area (Å²) >= 11 is 0.798. The van der Waals surface area contributed by atoms with E-state index in [1.165, 1.54) is 13.2 Å². The molecule has 3 aliphatic heterocycles. The standard InChI is InChI=1S/C34H31F4N9O3S.ClH/c1-49-28-24-27(25(37)23(26(28)38)18-4-5-20(36)29-22(18)19(12-39)31(41)51-29)42-33(50-15-34-6-2-8-46(34)13-16(35)11-34)43-32(24)45-7-3-9-47-17(14-45)10-21(44-47)30(40)48;/h4-5,10,16H,2-3,6-9,11,13-15,41H2,1H3,(H2,40,48);1H/t16-,34+;/m1./s1. The predicted molar refractivity (Wildman–Crippen MR) is 188 cm³/mol. The van der Waals surface area contributed by atoms with Crippen LogP contribution in [0.2, 0.25) is 0 Å². The van der Waals surface area contributed by atoms with Crippen LogP contribution in [0.15, 0.2) is 18.2 Å². The van der Waals surface area contributed by atoms with Gasteiger partial charge in [-0.2, -0.15) is 20.3 Å². The fraction of sp³-hybridized carbons (Fsp3) is 0.382. The van der Waals surface area contributed by atoms with Crippen molar-refractivity contribution < 1.29 is 31.8 Å². The van der Waals surface area contributed by atoms with Crippen LogP contribution in [0.4, 0.5) is 28.4 Å². The number of ether oxygens (including phenoxy) is 2. The number of carbonyl (C=O) groups is 1. The molecule has 6 heterocycles. The Balaban J connectivity index is 0.00000420. The van der Waals surface area contributed by atoms with Crippen molar-refractivity contribution >= 4 is 61.5 Å². The van der Waals surface area contributed by atoms with E-state index in [1.54, 1.807) is 15.6 Å². The molecule has 12 nitrogen and oxygen atoms in total. The highest BCUT2D eigenvalue weighted by Gasteiger charge is 2.49. The average Bonchev–Trinajstić information content (AvgIpc) is 3.82. The van der Waals surface area contributed by atoms with Gasteiger partial charge in [-0.1, -0.05) is 6.07 Å². The van der Waals surface area contributed by atoms with Crippen LogP contribution in [-0.2, 0) is 13.1 Å². The number of aryl methyl sites for hydroxylation is 1. The Morgan fingerprint density at radius 1 is 1.15 bits per heavy atom. The van der Waals surface area contributed by atoms with Crippen molar-refractivity contribution in [1.82, 2.24) is 24.6 Å². The number of alkyl halides is 1. The summed E-state index contributed by atoms with van der Waals surface area (Å²) in [7, 11) is 1.22. The van der Waals surface area contributed by atoms with Gasteiger partial charge >= 0.3 is 6.01 Å². The van der Waals surface area contributed by atoms with Gasteiger partial charge < -0.3 is 25.8 Å². The first-order valence-electron chi connectivity index (χ1n) is 16.3. The van der Waals surface area contributed by atoms with Crippen LogP contribution in [0.1, 0.15) is 47.4 Å². The summed E-state index contributed by atoms with van der Waals surface area (Å²) in [5, 5.41) is 14.0. The first-order valence-corrected chi connectivity index (χ1v) is 17.2. The van der Waals surface area contributed by atoms with Crippen molar-refractivity contribution in [1.29, 1.82) is 5.26 Å². The molecule has 8 rings (SSSR count). The fourth-order valence-electron chi connectivity index (χ4n) is 7.88. The molecule has 0 aliphatic carbocycles. The van der Waals surface area contributed by atoms with Gasteiger partial charge in [0.25, 0.3) is 5.91 Å². The third-order valence-electron chi connectivity index (χ3n) is 10.1. The SMILES string of the molecule is COc1c(F)c(-c2ccc(F)c3sc(N)c(C#N)c23)c(F)c2nc(OC[C@@]34CCCN3C[C@H](F)C4)nc(N3CCCn4nc(C(N)=O)cc4C3)c12.Cl. The monoisotopic (exact) mass is 757 g/mol. The number of thiophene rings is 1. The number of nitriles is 1. The zero-order valence-electron chi connectivity index (χ0n) is 27.7. The highest BCUT2D eigenvalue weighted by Crippen LogP contribution is 2.48. The quantitative estimate of drug-likeness (QED) is 0.204.